The second kappa shape index (κ2) is 88.9. The van der Waals surface area contributed by atoms with Crippen molar-refractivity contribution < 1.29 is 124 Å². The van der Waals surface area contributed by atoms with E-state index >= 15 is 0 Å². The molecule has 0 aliphatic heterocycles. The lowest BCUT2D eigenvalue weighted by molar-refractivity contribution is -0.123. The Labute approximate surface area is 823 Å². The topological polar surface area (TPSA) is 412 Å². The van der Waals surface area contributed by atoms with Gasteiger partial charge in [0.15, 0.2) is 0 Å². The standard InChI is InChI=1S/C92H195N10O27P7/c1-15-116-130(107,117-16-2)82-62-93-57-58-94-89(103)53-65-98(66-54-90(104)95-59-69-100(72-83-131(108,118-17-3)119-18-4)73-84-132(109,120-19-5)121-20-6)63-47-41-35-29-31-37-43-49-78-114-80-51-45-39-33-34-40-46-52-81-115-79-50-44-38-32-30-36-42-48-64-99(67-55-91(105)96-60-70-101(74-85-133(110,122-21-7)123-22-8)75-86-134(111,124-23-9)125-24-10)68-56-92(106)97-61-71-102(76-87-135(112,126-25-11)127-26-12)77-88-136(113,128-27-13)129-28-14/h93H,15-88H2,1-14H3,(H,94,103)(H,95,104)(H,96,105)(H,97,106). The second-order valence-corrected chi connectivity index (χ2v) is 48.6. The third-order valence-corrected chi connectivity index (χ3v) is 36.5. The van der Waals surface area contributed by atoms with Crippen LogP contribution in [0.4, 0.5) is 0 Å². The first-order chi connectivity index (χ1) is 65.5. The monoisotopic (exact) mass is 2090 g/mol. The summed E-state index contributed by atoms with van der Waals surface area (Å²) in [5.41, 5.74) is 0. The highest BCUT2D eigenvalue weighted by atomic mass is 31.2. The van der Waals surface area contributed by atoms with Gasteiger partial charge >= 0.3 is 53.2 Å². The number of hydrogen-bond acceptors (Lipinski definition) is 33. The van der Waals surface area contributed by atoms with E-state index in [0.29, 0.717) is 124 Å². The molecule has 5 N–H and O–H groups in total. The molecule has 0 aromatic heterocycles. The van der Waals surface area contributed by atoms with Gasteiger partial charge in [0.25, 0.3) is 0 Å². The third kappa shape index (κ3) is 76.2. The van der Waals surface area contributed by atoms with E-state index in [9.17, 15) is 51.1 Å². The van der Waals surface area contributed by atoms with Gasteiger partial charge in [-0.3, -0.25) is 51.1 Å². The van der Waals surface area contributed by atoms with Crippen LogP contribution in [0.2, 0.25) is 0 Å². The number of unbranched alkanes of at least 4 members (excludes halogenated alkanes) is 21. The van der Waals surface area contributed by atoms with Crippen LogP contribution in [0.3, 0.4) is 0 Å². The molecule has 0 fully saturated rings. The normalized spacial score (nSPS) is 12.7. The predicted octanol–water partition coefficient (Wildman–Crippen LogP) is 18.4. The van der Waals surface area contributed by atoms with Gasteiger partial charge in [-0.1, -0.05) is 116 Å². The summed E-state index contributed by atoms with van der Waals surface area (Å²) in [5.74, 6) is -0.520. The molecule has 0 bridgehead atoms. The van der Waals surface area contributed by atoms with Crippen molar-refractivity contribution in [2.24, 2.45) is 0 Å². The van der Waals surface area contributed by atoms with Gasteiger partial charge in [0.05, 0.1) is 136 Å². The second-order valence-electron chi connectivity index (χ2n) is 33.3. The van der Waals surface area contributed by atoms with Gasteiger partial charge in [-0.05, 0) is 149 Å². The lowest BCUT2D eigenvalue weighted by Crippen LogP contribution is -2.40. The Kier molecular flexibility index (Phi) is 87.9. The molecule has 0 aliphatic rings. The van der Waals surface area contributed by atoms with E-state index in [1.54, 1.807) is 96.9 Å². The number of rotatable bonds is 106. The van der Waals surface area contributed by atoms with Crippen molar-refractivity contribution in [3.8, 4) is 0 Å². The first-order valence-electron chi connectivity index (χ1n) is 52.2. The zero-order chi connectivity index (χ0) is 101. The number of hydrogen-bond donors (Lipinski definition) is 5. The first-order valence-corrected chi connectivity index (χ1v) is 64.3. The summed E-state index contributed by atoms with van der Waals surface area (Å²) in [7, 11) is -23.4. The fraction of sp³-hybridized carbons (Fsp3) is 0.957. The molecule has 0 atom stereocenters. The molecular weight excluding hydrogens is 1890 g/mol. The van der Waals surface area contributed by atoms with Crippen LogP contribution in [0.5, 0.6) is 0 Å². The van der Waals surface area contributed by atoms with Crippen LogP contribution in [0.15, 0.2) is 0 Å². The molecule has 0 saturated heterocycles. The molecular formula is C92H195N10O27P7. The highest BCUT2D eigenvalue weighted by Gasteiger charge is 2.33. The van der Waals surface area contributed by atoms with Crippen molar-refractivity contribution in [1.82, 2.24) is 51.1 Å². The molecule has 0 spiro atoms. The zero-order valence-electron chi connectivity index (χ0n) is 87.2. The Morgan fingerprint density at radius 1 is 0.184 bits per heavy atom. The van der Waals surface area contributed by atoms with Gasteiger partial charge in [-0.25, -0.2) is 0 Å². The Morgan fingerprint density at radius 3 is 0.551 bits per heavy atom. The van der Waals surface area contributed by atoms with Crippen LogP contribution < -0.4 is 26.6 Å². The van der Waals surface area contributed by atoms with E-state index in [1.807, 2.05) is 14.7 Å². The Morgan fingerprint density at radius 2 is 0.353 bits per heavy atom. The molecule has 0 heterocycles. The predicted molar refractivity (Wildman–Crippen MR) is 548 cm³/mol. The van der Waals surface area contributed by atoms with Crippen molar-refractivity contribution in [3.05, 3.63) is 0 Å². The van der Waals surface area contributed by atoms with Gasteiger partial charge in [-0.15, -0.1) is 0 Å². The lowest BCUT2D eigenvalue weighted by atomic mass is 10.1. The quantitative estimate of drug-likeness (QED) is 0.0279. The van der Waals surface area contributed by atoms with E-state index in [2.05, 4.69) is 36.4 Å². The largest absolute Gasteiger partial charge is 0.381 e. The number of carbonyl (C=O) groups is 4. The van der Waals surface area contributed by atoms with E-state index in [0.717, 1.165) is 136 Å². The SMILES string of the molecule is CCOP(=O)(CCNCCNC(=O)CCN(CCCCCCCCCCOCCCCCCCCCCOCCCCCCCCCCN(CCC(=O)NCCN(CCP(=O)(OCC)OCC)CCP(=O)(OCC)OCC)CCC(=O)NCCN(CCP(=O)(OCC)OCC)CCP(=O)(OCC)OCC)CCC(=O)NCCN(CCP(=O)(OCC)OCC)CCP(=O)(OCC)OCC)OCC. The van der Waals surface area contributed by atoms with Crippen molar-refractivity contribution in [2.75, 3.05) is 299 Å². The summed E-state index contributed by atoms with van der Waals surface area (Å²) >= 11 is 0. The smallest absolute Gasteiger partial charge is 0.331 e. The molecule has 44 heteroatoms. The highest BCUT2D eigenvalue weighted by Crippen LogP contribution is 2.53. The van der Waals surface area contributed by atoms with Crippen LogP contribution >= 0.6 is 53.2 Å². The van der Waals surface area contributed by atoms with Crippen molar-refractivity contribution in [1.29, 1.82) is 0 Å². The van der Waals surface area contributed by atoms with Crippen molar-refractivity contribution in [3.63, 3.8) is 0 Å². The molecule has 0 aromatic rings. The maximum atomic E-state index is 13.6. The van der Waals surface area contributed by atoms with E-state index in [4.69, 9.17) is 72.8 Å². The van der Waals surface area contributed by atoms with Gasteiger partial charge < -0.3 is 124 Å². The molecule has 0 aliphatic carbocycles. The van der Waals surface area contributed by atoms with Crippen LogP contribution in [0.25, 0.3) is 0 Å². The number of nitrogens with one attached hydrogen (secondary N) is 5. The first kappa shape index (κ1) is 135. The lowest BCUT2D eigenvalue weighted by Gasteiger charge is -2.27. The third-order valence-electron chi connectivity index (χ3n) is 22.1. The van der Waals surface area contributed by atoms with E-state index in [1.165, 1.54) is 57.8 Å². The molecule has 0 saturated carbocycles. The maximum absolute atomic E-state index is 13.6. The van der Waals surface area contributed by atoms with Gasteiger partial charge in [0.1, 0.15) is 0 Å². The average Bonchev–Trinajstić information content (AvgIpc) is 0.883. The minimum atomic E-state index is -3.39. The molecule has 0 unspecified atom stereocenters. The number of nitrogens with zero attached hydrogens (tertiary/aromatic N) is 5. The minimum absolute atomic E-state index is 0.0854. The average molecular weight is 2090 g/mol. The Balaban J connectivity index is 5.05. The summed E-state index contributed by atoms with van der Waals surface area (Å²) in [4.78, 5) is 63.8. The van der Waals surface area contributed by atoms with Gasteiger partial charge in [-0.2, -0.15) is 0 Å². The maximum Gasteiger partial charge on any atom is 0.331 e. The van der Waals surface area contributed by atoms with Crippen LogP contribution in [-0.4, -0.2) is 348 Å². The molecule has 0 radical (unpaired) electrons. The van der Waals surface area contributed by atoms with Crippen molar-refractivity contribution in [2.45, 2.75) is 277 Å². The summed E-state index contributed by atoms with van der Waals surface area (Å²) in [5, 5.41) is 15.3. The Bertz CT molecular complexity index is 2990. The molecule has 0 rings (SSSR count). The van der Waals surface area contributed by atoms with E-state index < -0.39 is 53.2 Å². The van der Waals surface area contributed by atoms with Crippen LogP contribution in [0, 0.1) is 0 Å². The molecule has 0 aromatic carbocycles. The number of ether oxygens (including phenoxy) is 2. The molecule has 810 valence electrons. The van der Waals surface area contributed by atoms with Crippen LogP contribution in [0.1, 0.15) is 277 Å². The minimum Gasteiger partial charge on any atom is -0.381 e. The van der Waals surface area contributed by atoms with Crippen molar-refractivity contribution >= 4 is 76.8 Å². The van der Waals surface area contributed by atoms with Gasteiger partial charge in [0, 0.05) is 176 Å². The fourth-order valence-electron chi connectivity index (χ4n) is 15.1. The summed E-state index contributed by atoms with van der Waals surface area (Å²) in [6.45, 7) is 39.8. The summed E-state index contributed by atoms with van der Waals surface area (Å²) in [6, 6.07) is 0. The Hall–Kier alpha value is -1.39. The molecule has 136 heavy (non-hydrogen) atoms. The van der Waals surface area contributed by atoms with Gasteiger partial charge in [0.2, 0.25) is 23.6 Å². The highest BCUT2D eigenvalue weighted by molar-refractivity contribution is 7.55. The number of carbonyl (C=O) groups excluding carboxylic acids is 4. The zero-order valence-corrected chi connectivity index (χ0v) is 93.5. The number of amides is 4. The molecule has 4 amide bonds. The summed E-state index contributed by atoms with van der Waals surface area (Å²) < 4.78 is 183. The van der Waals surface area contributed by atoms with Crippen LogP contribution in [-0.2, 0) is 124 Å². The molecule has 37 nitrogen and oxygen atoms in total. The van der Waals surface area contributed by atoms with E-state index in [-0.39, 0.29) is 185 Å². The summed E-state index contributed by atoms with van der Waals surface area (Å²) in [6.07, 6.45) is 29.0. The fourth-order valence-corrected chi connectivity index (χ4v) is 26.6.